The second kappa shape index (κ2) is 12.2. The highest BCUT2D eigenvalue weighted by molar-refractivity contribution is 5.93. The fourth-order valence-corrected chi connectivity index (χ4v) is 2.54. The van der Waals surface area contributed by atoms with Gasteiger partial charge in [0.05, 0.1) is 25.1 Å². The predicted molar refractivity (Wildman–Crippen MR) is 108 cm³/mol. The van der Waals surface area contributed by atoms with E-state index in [4.69, 9.17) is 10.8 Å². The van der Waals surface area contributed by atoms with Crippen molar-refractivity contribution in [2.75, 3.05) is 6.54 Å². The molecule has 1 rings (SSSR count). The van der Waals surface area contributed by atoms with Crippen molar-refractivity contribution in [1.29, 1.82) is 0 Å². The molecule has 176 valence electrons. The molecule has 13 heteroatoms. The number of carboxylic acids is 2. The number of carboxylic acid groups (broad SMARTS) is 2. The highest BCUT2D eigenvalue weighted by atomic mass is 16.4. The molecular weight excluding hydrogens is 428 g/mol. The van der Waals surface area contributed by atoms with Gasteiger partial charge in [0.25, 0.3) is 0 Å². The van der Waals surface area contributed by atoms with Crippen LogP contribution in [0.3, 0.4) is 0 Å². The number of carbonyl (C=O) groups excluding carboxylic acids is 3. The van der Waals surface area contributed by atoms with E-state index in [9.17, 15) is 39.3 Å². The third-order valence-electron chi connectivity index (χ3n) is 4.23. The maximum Gasteiger partial charge on any atom is 0.326 e. The van der Waals surface area contributed by atoms with Crippen molar-refractivity contribution in [3.05, 3.63) is 29.8 Å². The van der Waals surface area contributed by atoms with Gasteiger partial charge in [-0.25, -0.2) is 4.79 Å². The van der Waals surface area contributed by atoms with Crippen LogP contribution in [0, 0.1) is 0 Å². The molecule has 0 radical (unpaired) electrons. The van der Waals surface area contributed by atoms with Gasteiger partial charge < -0.3 is 42.1 Å². The number of hydrogen-bond acceptors (Lipinski definition) is 8. The maximum absolute atomic E-state index is 12.5. The zero-order valence-corrected chi connectivity index (χ0v) is 17.1. The smallest absolute Gasteiger partial charge is 0.326 e. The Balaban J connectivity index is 2.71. The number of phenolic OH excluding ortho intramolecular Hbond substituents is 1. The van der Waals surface area contributed by atoms with Crippen LogP contribution in [-0.2, 0) is 30.4 Å². The van der Waals surface area contributed by atoms with Crippen LogP contribution in [0.15, 0.2) is 24.3 Å². The van der Waals surface area contributed by atoms with Gasteiger partial charge in [-0.3, -0.25) is 19.2 Å². The Hall–Kier alpha value is -3.71. The van der Waals surface area contributed by atoms with Crippen molar-refractivity contribution in [2.45, 2.75) is 44.0 Å². The quantitative estimate of drug-likeness (QED) is 0.163. The third-order valence-corrected chi connectivity index (χ3v) is 4.23. The molecule has 1 aromatic rings. The zero-order chi connectivity index (χ0) is 24.4. The lowest BCUT2D eigenvalue weighted by molar-refractivity contribution is -0.142. The lowest BCUT2D eigenvalue weighted by atomic mass is 10.0. The summed E-state index contributed by atoms with van der Waals surface area (Å²) < 4.78 is 0. The number of nitrogens with two attached hydrogens (primary N) is 1. The van der Waals surface area contributed by atoms with Crippen molar-refractivity contribution in [2.24, 2.45) is 5.73 Å². The molecule has 0 saturated heterocycles. The van der Waals surface area contributed by atoms with E-state index >= 15 is 0 Å². The molecule has 3 amide bonds. The molecule has 0 aliphatic heterocycles. The van der Waals surface area contributed by atoms with Gasteiger partial charge in [-0.1, -0.05) is 12.1 Å². The third kappa shape index (κ3) is 8.97. The van der Waals surface area contributed by atoms with Crippen LogP contribution in [0.4, 0.5) is 0 Å². The monoisotopic (exact) mass is 454 g/mol. The summed E-state index contributed by atoms with van der Waals surface area (Å²) in [4.78, 5) is 58.3. The summed E-state index contributed by atoms with van der Waals surface area (Å²) in [5.74, 6) is -5.45. The van der Waals surface area contributed by atoms with Gasteiger partial charge >= 0.3 is 11.9 Å². The largest absolute Gasteiger partial charge is 0.508 e. The van der Waals surface area contributed by atoms with Crippen molar-refractivity contribution in [1.82, 2.24) is 16.0 Å². The fraction of sp³-hybridized carbons (Fsp3) is 0.421. The molecule has 0 spiro atoms. The van der Waals surface area contributed by atoms with Gasteiger partial charge in [0.2, 0.25) is 17.7 Å². The Morgan fingerprint density at radius 1 is 1.00 bits per heavy atom. The predicted octanol–water partition coefficient (Wildman–Crippen LogP) is -2.71. The highest BCUT2D eigenvalue weighted by Gasteiger charge is 2.30. The normalized spacial score (nSPS) is 14.3. The summed E-state index contributed by atoms with van der Waals surface area (Å²) in [6, 6.07) is 1.35. The van der Waals surface area contributed by atoms with Crippen molar-refractivity contribution < 1.29 is 44.4 Å². The molecule has 0 aliphatic rings. The van der Waals surface area contributed by atoms with Gasteiger partial charge in [0.15, 0.2) is 0 Å². The number of benzene rings is 1. The number of aliphatic hydroxyl groups is 1. The Morgan fingerprint density at radius 3 is 2.09 bits per heavy atom. The molecule has 0 heterocycles. The number of aliphatic carboxylic acids is 2. The molecule has 13 nitrogen and oxygen atoms in total. The number of amides is 3. The average molecular weight is 454 g/mol. The number of hydrogen-bond donors (Lipinski definition) is 8. The standard InChI is InChI=1S/C19H26N4O9/c1-9(24)16(23-14(26)8-21-17(29)12(20)7-15(27)28)18(30)22-13(19(31)32)6-10-2-4-11(25)5-3-10/h2-5,9,12-13,16,24-25H,6-8,20H2,1H3,(H,21,29)(H,22,30)(H,23,26)(H,27,28)(H,31,32). The molecule has 0 fully saturated rings. The van der Waals surface area contributed by atoms with E-state index in [1.54, 1.807) is 0 Å². The first-order chi connectivity index (χ1) is 14.9. The second-order valence-electron chi connectivity index (χ2n) is 6.98. The molecule has 4 atom stereocenters. The minimum Gasteiger partial charge on any atom is -0.508 e. The molecule has 0 aromatic heterocycles. The Labute approximate surface area is 182 Å². The van der Waals surface area contributed by atoms with E-state index in [0.29, 0.717) is 5.56 Å². The molecule has 0 saturated carbocycles. The summed E-state index contributed by atoms with van der Waals surface area (Å²) >= 11 is 0. The van der Waals surface area contributed by atoms with E-state index in [2.05, 4.69) is 16.0 Å². The number of phenols is 1. The summed E-state index contributed by atoms with van der Waals surface area (Å²) in [7, 11) is 0. The van der Waals surface area contributed by atoms with Crippen LogP contribution >= 0.6 is 0 Å². The molecule has 0 aliphatic carbocycles. The minimum atomic E-state index is -1.53. The van der Waals surface area contributed by atoms with Gasteiger partial charge in [-0.2, -0.15) is 0 Å². The molecule has 32 heavy (non-hydrogen) atoms. The van der Waals surface area contributed by atoms with Crippen LogP contribution in [0.2, 0.25) is 0 Å². The molecule has 0 bridgehead atoms. The van der Waals surface area contributed by atoms with Crippen molar-refractivity contribution in [3.63, 3.8) is 0 Å². The number of aliphatic hydroxyl groups excluding tert-OH is 1. The van der Waals surface area contributed by atoms with Gasteiger partial charge in [-0.05, 0) is 24.6 Å². The lowest BCUT2D eigenvalue weighted by Crippen LogP contribution is -2.57. The van der Waals surface area contributed by atoms with Crippen LogP contribution in [-0.4, -0.2) is 80.9 Å². The van der Waals surface area contributed by atoms with Crippen LogP contribution in [0.1, 0.15) is 18.9 Å². The average Bonchev–Trinajstić information content (AvgIpc) is 2.70. The lowest BCUT2D eigenvalue weighted by Gasteiger charge is -2.23. The number of nitrogens with one attached hydrogen (secondary N) is 3. The number of rotatable bonds is 12. The van der Waals surface area contributed by atoms with E-state index < -0.39 is 66.9 Å². The second-order valence-corrected chi connectivity index (χ2v) is 6.98. The van der Waals surface area contributed by atoms with E-state index in [1.165, 1.54) is 31.2 Å². The summed E-state index contributed by atoms with van der Waals surface area (Å²) in [6.45, 7) is 0.542. The summed E-state index contributed by atoms with van der Waals surface area (Å²) in [5, 5.41) is 43.6. The first-order valence-electron chi connectivity index (χ1n) is 9.44. The van der Waals surface area contributed by atoms with Crippen LogP contribution in [0.5, 0.6) is 5.75 Å². The first kappa shape index (κ1) is 26.3. The minimum absolute atomic E-state index is 0.0162. The topological polar surface area (TPSA) is 228 Å². The molecule has 4 unspecified atom stereocenters. The zero-order valence-electron chi connectivity index (χ0n) is 17.1. The van der Waals surface area contributed by atoms with Crippen molar-refractivity contribution in [3.8, 4) is 5.75 Å². The van der Waals surface area contributed by atoms with Crippen molar-refractivity contribution >= 4 is 29.7 Å². The molecular formula is C19H26N4O9. The first-order valence-corrected chi connectivity index (χ1v) is 9.44. The van der Waals surface area contributed by atoms with Crippen LogP contribution in [0.25, 0.3) is 0 Å². The van der Waals surface area contributed by atoms with Crippen LogP contribution < -0.4 is 21.7 Å². The fourth-order valence-electron chi connectivity index (χ4n) is 2.54. The Kier molecular flexibility index (Phi) is 10.1. The van der Waals surface area contributed by atoms with Gasteiger partial charge in [0, 0.05) is 6.42 Å². The van der Waals surface area contributed by atoms with E-state index in [0.717, 1.165) is 0 Å². The van der Waals surface area contributed by atoms with Gasteiger partial charge in [-0.15, -0.1) is 0 Å². The Bertz CT molecular complexity index is 842. The maximum atomic E-state index is 12.5. The van der Waals surface area contributed by atoms with E-state index in [1.807, 2.05) is 0 Å². The SMILES string of the molecule is CC(O)C(NC(=O)CNC(=O)C(N)CC(=O)O)C(=O)NC(Cc1ccc(O)cc1)C(=O)O. The van der Waals surface area contributed by atoms with Gasteiger partial charge in [0.1, 0.15) is 17.8 Å². The van der Waals surface area contributed by atoms with E-state index in [-0.39, 0.29) is 12.2 Å². The molecule has 9 N–H and O–H groups in total. The Morgan fingerprint density at radius 2 is 1.59 bits per heavy atom. The highest BCUT2D eigenvalue weighted by Crippen LogP contribution is 2.11. The number of aromatic hydroxyl groups is 1. The molecule has 1 aromatic carbocycles. The summed E-state index contributed by atoms with van der Waals surface area (Å²) in [6.07, 6.45) is -2.18. The number of carbonyl (C=O) groups is 5. The summed E-state index contributed by atoms with van der Waals surface area (Å²) in [5.41, 5.74) is 5.87.